The van der Waals surface area contributed by atoms with Gasteiger partial charge in [-0.2, -0.15) is 5.26 Å². The van der Waals surface area contributed by atoms with Crippen molar-refractivity contribution < 1.29 is 8.78 Å². The number of H-pyrrole nitrogens is 1. The van der Waals surface area contributed by atoms with Crippen LogP contribution in [0.4, 0.5) is 8.78 Å². The molecule has 1 heterocycles. The van der Waals surface area contributed by atoms with Crippen molar-refractivity contribution >= 4 is 34.9 Å². The van der Waals surface area contributed by atoms with E-state index in [-0.39, 0.29) is 15.9 Å². The van der Waals surface area contributed by atoms with Gasteiger partial charge in [-0.05, 0) is 42.5 Å². The van der Waals surface area contributed by atoms with Crippen molar-refractivity contribution in [2.45, 2.75) is 0 Å². The molecule has 0 atom stereocenters. The zero-order valence-electron chi connectivity index (χ0n) is 10.3. The van der Waals surface area contributed by atoms with Crippen LogP contribution in [-0.2, 0) is 0 Å². The maximum Gasteiger partial charge on any atom is 0.184 e. The molecule has 0 bridgehead atoms. The molecule has 0 radical (unpaired) electrons. The Hall–Kier alpha value is -2.23. The number of nitriles is 1. The van der Waals surface area contributed by atoms with Gasteiger partial charge in [0.05, 0.1) is 16.8 Å². The molecule has 2 aromatic carbocycles. The van der Waals surface area contributed by atoms with Gasteiger partial charge in [-0.1, -0.05) is 11.6 Å². The van der Waals surface area contributed by atoms with Crippen molar-refractivity contribution in [1.29, 1.82) is 5.26 Å². The summed E-state index contributed by atoms with van der Waals surface area (Å²) in [4.78, 5) is 2.78. The Labute approximate surface area is 128 Å². The summed E-state index contributed by atoms with van der Waals surface area (Å²) in [7, 11) is 0. The Bertz CT molecular complexity index is 969. The summed E-state index contributed by atoms with van der Waals surface area (Å²) in [6.45, 7) is 0. The van der Waals surface area contributed by atoms with Gasteiger partial charge in [-0.25, -0.2) is 8.78 Å². The topological polar surface area (TPSA) is 44.5 Å². The lowest BCUT2D eigenvalue weighted by Gasteiger charge is -2.08. The van der Waals surface area contributed by atoms with E-state index in [1.807, 2.05) is 6.07 Å². The Morgan fingerprint density at radius 3 is 2.71 bits per heavy atom. The Kier molecular flexibility index (Phi) is 3.24. The molecular formula is C14H6ClF2N3S. The maximum atomic E-state index is 14.1. The summed E-state index contributed by atoms with van der Waals surface area (Å²) < 4.78 is 29.0. The number of nitrogens with zero attached hydrogens (tertiary/aromatic N) is 2. The normalized spacial score (nSPS) is 10.8. The van der Waals surface area contributed by atoms with E-state index in [1.54, 1.807) is 6.07 Å². The smallest absolute Gasteiger partial charge is 0.184 e. The number of halogens is 3. The van der Waals surface area contributed by atoms with Gasteiger partial charge in [0.2, 0.25) is 0 Å². The maximum absolute atomic E-state index is 14.1. The van der Waals surface area contributed by atoms with Crippen LogP contribution < -0.4 is 0 Å². The van der Waals surface area contributed by atoms with E-state index in [4.69, 9.17) is 23.8 Å². The number of hydrogen-bond acceptors (Lipinski definition) is 2. The summed E-state index contributed by atoms with van der Waals surface area (Å²) >= 11 is 11.1. The second kappa shape index (κ2) is 4.95. The van der Waals surface area contributed by atoms with Gasteiger partial charge in [-0.3, -0.25) is 4.57 Å². The van der Waals surface area contributed by atoms with Crippen molar-refractivity contribution in [2.75, 3.05) is 0 Å². The number of rotatable bonds is 1. The van der Waals surface area contributed by atoms with Crippen molar-refractivity contribution in [3.05, 3.63) is 57.3 Å². The van der Waals surface area contributed by atoms with Crippen LogP contribution >= 0.6 is 23.8 Å². The molecule has 0 amide bonds. The Morgan fingerprint density at radius 1 is 1.24 bits per heavy atom. The fourth-order valence-electron chi connectivity index (χ4n) is 2.15. The van der Waals surface area contributed by atoms with Crippen LogP contribution in [0.5, 0.6) is 0 Å². The highest BCUT2D eigenvalue weighted by molar-refractivity contribution is 7.71. The van der Waals surface area contributed by atoms with Crippen molar-refractivity contribution in [3.8, 4) is 11.8 Å². The largest absolute Gasteiger partial charge is 0.330 e. The highest BCUT2D eigenvalue weighted by atomic mass is 35.5. The minimum atomic E-state index is -1.04. The molecule has 3 aromatic rings. The standard InChI is InChI=1S/C14H6ClF2N3S/c15-8-2-1-7(6-18)11(5-8)20-13-10(19-14(20)21)4-3-9(16)12(13)17/h1-5H,(H,19,21). The molecule has 1 aromatic heterocycles. The molecule has 0 aliphatic heterocycles. The van der Waals surface area contributed by atoms with Gasteiger partial charge in [0.15, 0.2) is 16.4 Å². The molecule has 104 valence electrons. The van der Waals surface area contributed by atoms with E-state index in [2.05, 4.69) is 4.98 Å². The van der Waals surface area contributed by atoms with Gasteiger partial charge >= 0.3 is 0 Å². The minimum absolute atomic E-state index is 0.0567. The first-order chi connectivity index (χ1) is 10.0. The lowest BCUT2D eigenvalue weighted by molar-refractivity contribution is 0.514. The first kappa shape index (κ1) is 13.7. The molecule has 0 saturated carbocycles. The summed E-state index contributed by atoms with van der Waals surface area (Å²) in [6.07, 6.45) is 0. The monoisotopic (exact) mass is 321 g/mol. The lowest BCUT2D eigenvalue weighted by atomic mass is 10.2. The summed E-state index contributed by atoms with van der Waals surface area (Å²) in [6, 6.07) is 8.89. The lowest BCUT2D eigenvalue weighted by Crippen LogP contribution is -2.00. The highest BCUT2D eigenvalue weighted by Crippen LogP contribution is 2.27. The first-order valence-electron chi connectivity index (χ1n) is 5.81. The number of imidazole rings is 1. The second-order valence-electron chi connectivity index (χ2n) is 4.30. The van der Waals surface area contributed by atoms with Gasteiger partial charge < -0.3 is 4.98 Å². The van der Waals surface area contributed by atoms with Crippen LogP contribution in [-0.4, -0.2) is 9.55 Å². The third-order valence-corrected chi connectivity index (χ3v) is 3.58. The zero-order chi connectivity index (χ0) is 15.1. The number of fused-ring (bicyclic) bond motifs is 1. The average molecular weight is 322 g/mol. The third-order valence-electron chi connectivity index (χ3n) is 3.06. The van der Waals surface area contributed by atoms with E-state index in [9.17, 15) is 14.0 Å². The molecule has 7 heteroatoms. The molecule has 3 rings (SSSR count). The molecule has 0 saturated heterocycles. The van der Waals surface area contributed by atoms with Crippen LogP contribution in [0.3, 0.4) is 0 Å². The molecule has 0 fully saturated rings. The van der Waals surface area contributed by atoms with Crippen LogP contribution in [0.15, 0.2) is 30.3 Å². The van der Waals surface area contributed by atoms with Crippen LogP contribution in [0.1, 0.15) is 5.56 Å². The molecule has 21 heavy (non-hydrogen) atoms. The molecule has 1 N–H and O–H groups in total. The van der Waals surface area contributed by atoms with E-state index < -0.39 is 11.6 Å². The zero-order valence-corrected chi connectivity index (χ0v) is 11.9. The molecule has 0 spiro atoms. The van der Waals surface area contributed by atoms with E-state index in [1.165, 1.54) is 22.8 Å². The molecule has 0 aliphatic rings. The van der Waals surface area contributed by atoms with Crippen molar-refractivity contribution in [2.24, 2.45) is 0 Å². The number of nitrogens with one attached hydrogen (secondary N) is 1. The van der Waals surface area contributed by atoms with E-state index in [0.29, 0.717) is 16.2 Å². The summed E-state index contributed by atoms with van der Waals surface area (Å²) in [5.74, 6) is -2.03. The number of aromatic amines is 1. The summed E-state index contributed by atoms with van der Waals surface area (Å²) in [5.41, 5.74) is 0.826. The van der Waals surface area contributed by atoms with Crippen molar-refractivity contribution in [3.63, 3.8) is 0 Å². The van der Waals surface area contributed by atoms with Gasteiger partial charge in [-0.15, -0.1) is 0 Å². The Balaban J connectivity index is 2.50. The molecule has 0 aliphatic carbocycles. The number of hydrogen-bond donors (Lipinski definition) is 1. The highest BCUT2D eigenvalue weighted by Gasteiger charge is 2.17. The predicted octanol–water partition coefficient (Wildman–Crippen LogP) is 4.49. The molecular weight excluding hydrogens is 316 g/mol. The molecule has 0 unspecified atom stereocenters. The van der Waals surface area contributed by atoms with Crippen LogP contribution in [0, 0.1) is 27.7 Å². The Morgan fingerprint density at radius 2 is 2.00 bits per heavy atom. The number of aromatic nitrogens is 2. The van der Waals surface area contributed by atoms with Crippen LogP contribution in [0.25, 0.3) is 16.7 Å². The fourth-order valence-corrected chi connectivity index (χ4v) is 2.61. The van der Waals surface area contributed by atoms with Gasteiger partial charge in [0.1, 0.15) is 11.6 Å². The quantitative estimate of drug-likeness (QED) is 0.671. The minimum Gasteiger partial charge on any atom is -0.330 e. The first-order valence-corrected chi connectivity index (χ1v) is 6.60. The summed E-state index contributed by atoms with van der Waals surface area (Å²) in [5, 5.41) is 9.53. The van der Waals surface area contributed by atoms with E-state index >= 15 is 0 Å². The van der Waals surface area contributed by atoms with Crippen LogP contribution in [0.2, 0.25) is 5.02 Å². The van der Waals surface area contributed by atoms with Gasteiger partial charge in [0, 0.05) is 5.02 Å². The average Bonchev–Trinajstić information content (AvgIpc) is 2.80. The second-order valence-corrected chi connectivity index (χ2v) is 5.12. The van der Waals surface area contributed by atoms with Gasteiger partial charge in [0.25, 0.3) is 0 Å². The molecule has 3 nitrogen and oxygen atoms in total. The third kappa shape index (κ3) is 2.11. The fraction of sp³-hybridized carbons (Fsp3) is 0. The van der Waals surface area contributed by atoms with Crippen molar-refractivity contribution in [1.82, 2.24) is 9.55 Å². The SMILES string of the molecule is N#Cc1ccc(Cl)cc1-n1c(=S)[nH]c2ccc(F)c(F)c21. The number of benzene rings is 2. The van der Waals surface area contributed by atoms with E-state index in [0.717, 1.165) is 6.07 Å². The predicted molar refractivity (Wildman–Crippen MR) is 78.1 cm³/mol.